The summed E-state index contributed by atoms with van der Waals surface area (Å²) in [5, 5.41) is 0. The summed E-state index contributed by atoms with van der Waals surface area (Å²) >= 11 is 0. The molecule has 2 heterocycles. The van der Waals surface area contributed by atoms with E-state index in [0.717, 1.165) is 42.3 Å². The molecule has 2 aromatic rings. The molecule has 0 spiro atoms. The summed E-state index contributed by atoms with van der Waals surface area (Å²) in [6, 6.07) is 15.9. The van der Waals surface area contributed by atoms with Gasteiger partial charge in [0, 0.05) is 32.2 Å². The van der Waals surface area contributed by atoms with Crippen molar-refractivity contribution >= 4 is 11.6 Å². The van der Waals surface area contributed by atoms with Crippen LogP contribution in [0.4, 0.5) is 5.69 Å². The number of nitrogens with one attached hydrogen (secondary N) is 2. The average Bonchev–Trinajstić information content (AvgIpc) is 3.29. The highest BCUT2D eigenvalue weighted by Crippen LogP contribution is 2.29. The number of carbonyl (C=O) groups is 1. The van der Waals surface area contributed by atoms with E-state index in [0.29, 0.717) is 13.1 Å². The Bertz CT molecular complexity index is 851. The van der Waals surface area contributed by atoms with Crippen LogP contribution in [0.5, 0.6) is 11.5 Å². The SMILES string of the molecule is COc1cccc(C2CC(C(=O)N3CCN(c4ccccc4OC)CC3)NN2)c1. The quantitative estimate of drug-likeness (QED) is 0.806. The van der Waals surface area contributed by atoms with Crippen LogP contribution in [-0.4, -0.2) is 57.2 Å². The molecule has 2 N–H and O–H groups in total. The highest BCUT2D eigenvalue weighted by Gasteiger charge is 2.34. The molecule has 1 amide bonds. The molecule has 29 heavy (non-hydrogen) atoms. The first-order valence-corrected chi connectivity index (χ1v) is 10.0. The fraction of sp³-hybridized carbons (Fsp3) is 0.409. The van der Waals surface area contributed by atoms with E-state index in [9.17, 15) is 4.79 Å². The Balaban J connectivity index is 1.34. The number of methoxy groups -OCH3 is 2. The zero-order valence-electron chi connectivity index (χ0n) is 16.9. The normalized spacial score (nSPS) is 21.9. The molecule has 0 aliphatic carbocycles. The van der Waals surface area contributed by atoms with Gasteiger partial charge in [-0.2, -0.15) is 0 Å². The lowest BCUT2D eigenvalue weighted by Crippen LogP contribution is -2.53. The number of amides is 1. The summed E-state index contributed by atoms with van der Waals surface area (Å²) in [6.07, 6.45) is 0.721. The molecule has 0 bridgehead atoms. The van der Waals surface area contributed by atoms with E-state index in [1.165, 1.54) is 0 Å². The van der Waals surface area contributed by atoms with Gasteiger partial charge in [0.25, 0.3) is 0 Å². The maximum atomic E-state index is 13.0. The van der Waals surface area contributed by atoms with E-state index in [2.05, 4.69) is 27.9 Å². The lowest BCUT2D eigenvalue weighted by Gasteiger charge is -2.37. The second kappa shape index (κ2) is 8.71. The number of benzene rings is 2. The van der Waals surface area contributed by atoms with E-state index in [1.54, 1.807) is 14.2 Å². The van der Waals surface area contributed by atoms with E-state index < -0.39 is 0 Å². The standard InChI is InChI=1S/C22H28N4O3/c1-28-17-7-5-6-16(14-17)18-15-19(24-23-18)22(27)26-12-10-25(11-13-26)20-8-3-4-9-21(20)29-2/h3-9,14,18-19,23-24H,10-13,15H2,1-2H3. The number of hydrazine groups is 1. The number of para-hydroxylation sites is 2. The Hall–Kier alpha value is -2.77. The van der Waals surface area contributed by atoms with Crippen molar-refractivity contribution in [2.45, 2.75) is 18.5 Å². The third kappa shape index (κ3) is 4.16. The summed E-state index contributed by atoms with van der Waals surface area (Å²) < 4.78 is 10.8. The van der Waals surface area contributed by atoms with Crippen molar-refractivity contribution in [1.82, 2.24) is 15.8 Å². The van der Waals surface area contributed by atoms with Gasteiger partial charge in [-0.15, -0.1) is 0 Å². The first kappa shape index (κ1) is 19.5. The topological polar surface area (TPSA) is 66.1 Å². The molecule has 2 saturated heterocycles. The molecule has 2 atom stereocenters. The van der Waals surface area contributed by atoms with E-state index in [1.807, 2.05) is 41.3 Å². The van der Waals surface area contributed by atoms with Gasteiger partial charge >= 0.3 is 0 Å². The van der Waals surface area contributed by atoms with Crippen molar-refractivity contribution in [1.29, 1.82) is 0 Å². The predicted octanol–water partition coefficient (Wildman–Crippen LogP) is 1.96. The molecule has 2 aliphatic heterocycles. The Morgan fingerprint density at radius 2 is 1.76 bits per heavy atom. The minimum absolute atomic E-state index is 0.0916. The van der Waals surface area contributed by atoms with Gasteiger partial charge in [0.2, 0.25) is 5.91 Å². The van der Waals surface area contributed by atoms with Crippen LogP contribution in [0.2, 0.25) is 0 Å². The monoisotopic (exact) mass is 396 g/mol. The molecule has 0 radical (unpaired) electrons. The summed E-state index contributed by atoms with van der Waals surface area (Å²) in [7, 11) is 3.35. The molecule has 0 saturated carbocycles. The van der Waals surface area contributed by atoms with Gasteiger partial charge in [-0.3, -0.25) is 4.79 Å². The van der Waals surface area contributed by atoms with Crippen molar-refractivity contribution in [3.63, 3.8) is 0 Å². The highest BCUT2D eigenvalue weighted by molar-refractivity contribution is 5.82. The first-order chi connectivity index (χ1) is 14.2. The molecule has 7 heteroatoms. The van der Waals surface area contributed by atoms with Crippen LogP contribution in [0.15, 0.2) is 48.5 Å². The van der Waals surface area contributed by atoms with Gasteiger partial charge in [-0.25, -0.2) is 10.9 Å². The molecular weight excluding hydrogens is 368 g/mol. The van der Waals surface area contributed by atoms with Crippen molar-refractivity contribution < 1.29 is 14.3 Å². The average molecular weight is 396 g/mol. The van der Waals surface area contributed by atoms with Crippen LogP contribution < -0.4 is 25.2 Å². The molecule has 2 aromatic carbocycles. The molecule has 2 unspecified atom stereocenters. The Kier molecular flexibility index (Phi) is 5.87. The summed E-state index contributed by atoms with van der Waals surface area (Å²) in [5.74, 6) is 1.85. The van der Waals surface area contributed by atoms with Crippen LogP contribution >= 0.6 is 0 Å². The maximum Gasteiger partial charge on any atom is 0.241 e. The molecular formula is C22H28N4O3. The zero-order valence-corrected chi connectivity index (χ0v) is 16.9. The van der Waals surface area contributed by atoms with Crippen LogP contribution in [0, 0.1) is 0 Å². The van der Waals surface area contributed by atoms with Crippen LogP contribution in [0.25, 0.3) is 0 Å². The second-order valence-corrected chi connectivity index (χ2v) is 7.39. The van der Waals surface area contributed by atoms with Gasteiger partial charge in [0.1, 0.15) is 17.5 Å². The Labute approximate surface area is 171 Å². The minimum Gasteiger partial charge on any atom is -0.497 e. The number of ether oxygens (including phenoxy) is 2. The number of anilines is 1. The van der Waals surface area contributed by atoms with Gasteiger partial charge in [0.05, 0.1) is 19.9 Å². The number of hydrogen-bond acceptors (Lipinski definition) is 6. The second-order valence-electron chi connectivity index (χ2n) is 7.39. The zero-order chi connectivity index (χ0) is 20.2. The third-order valence-electron chi connectivity index (χ3n) is 5.71. The number of piperazine rings is 1. The molecule has 0 aromatic heterocycles. The maximum absolute atomic E-state index is 13.0. The fourth-order valence-electron chi connectivity index (χ4n) is 4.07. The lowest BCUT2D eigenvalue weighted by molar-refractivity contribution is -0.133. The third-order valence-corrected chi connectivity index (χ3v) is 5.71. The van der Waals surface area contributed by atoms with E-state index in [4.69, 9.17) is 9.47 Å². The van der Waals surface area contributed by atoms with Crippen molar-refractivity contribution in [3.05, 3.63) is 54.1 Å². The molecule has 2 aliphatic rings. The molecule has 7 nitrogen and oxygen atoms in total. The Morgan fingerprint density at radius 3 is 2.52 bits per heavy atom. The Morgan fingerprint density at radius 1 is 0.966 bits per heavy atom. The van der Waals surface area contributed by atoms with Crippen LogP contribution in [0.3, 0.4) is 0 Å². The number of carbonyl (C=O) groups excluding carboxylic acids is 1. The largest absolute Gasteiger partial charge is 0.497 e. The van der Waals surface area contributed by atoms with Gasteiger partial charge < -0.3 is 19.3 Å². The number of rotatable bonds is 5. The predicted molar refractivity (Wildman–Crippen MR) is 112 cm³/mol. The van der Waals surface area contributed by atoms with Crippen molar-refractivity contribution in [2.75, 3.05) is 45.3 Å². The summed E-state index contributed by atoms with van der Waals surface area (Å²) in [4.78, 5) is 17.3. The highest BCUT2D eigenvalue weighted by atomic mass is 16.5. The van der Waals surface area contributed by atoms with E-state index >= 15 is 0 Å². The van der Waals surface area contributed by atoms with Gasteiger partial charge in [0.15, 0.2) is 0 Å². The molecule has 2 fully saturated rings. The van der Waals surface area contributed by atoms with Crippen LogP contribution in [-0.2, 0) is 4.79 Å². The minimum atomic E-state index is -0.219. The van der Waals surface area contributed by atoms with E-state index in [-0.39, 0.29) is 18.0 Å². The summed E-state index contributed by atoms with van der Waals surface area (Å²) in [5.41, 5.74) is 8.65. The molecule has 4 rings (SSSR count). The van der Waals surface area contributed by atoms with Crippen molar-refractivity contribution in [3.8, 4) is 11.5 Å². The van der Waals surface area contributed by atoms with Crippen LogP contribution in [0.1, 0.15) is 18.0 Å². The van der Waals surface area contributed by atoms with Crippen molar-refractivity contribution in [2.24, 2.45) is 0 Å². The summed E-state index contributed by atoms with van der Waals surface area (Å²) in [6.45, 7) is 3.01. The fourth-order valence-corrected chi connectivity index (χ4v) is 4.07. The number of nitrogens with zero attached hydrogens (tertiary/aromatic N) is 2. The smallest absolute Gasteiger partial charge is 0.241 e. The number of hydrogen-bond donors (Lipinski definition) is 2. The molecule has 154 valence electrons. The van der Waals surface area contributed by atoms with Gasteiger partial charge in [-0.1, -0.05) is 24.3 Å². The lowest BCUT2D eigenvalue weighted by atomic mass is 10.0. The first-order valence-electron chi connectivity index (χ1n) is 10.0. The van der Waals surface area contributed by atoms with Gasteiger partial charge in [-0.05, 0) is 36.2 Å².